The molecule has 1 nitrogen and oxygen atoms in total. The SMILES string of the molecule is Oc1sc2cccc(Br)c2c1F. The summed E-state index contributed by atoms with van der Waals surface area (Å²) in [6.07, 6.45) is 0. The van der Waals surface area contributed by atoms with Gasteiger partial charge in [0.15, 0.2) is 5.82 Å². The maximum absolute atomic E-state index is 13.1. The lowest BCUT2D eigenvalue weighted by molar-refractivity contribution is 0.452. The molecule has 1 aromatic heterocycles. The number of halogens is 2. The van der Waals surface area contributed by atoms with Crippen LogP contribution in [0.25, 0.3) is 10.1 Å². The second-order valence-corrected chi connectivity index (χ2v) is 4.22. The highest BCUT2D eigenvalue weighted by molar-refractivity contribution is 9.10. The Morgan fingerprint density at radius 2 is 2.17 bits per heavy atom. The van der Waals surface area contributed by atoms with Crippen molar-refractivity contribution in [3.63, 3.8) is 0 Å². The summed E-state index contributed by atoms with van der Waals surface area (Å²) in [4.78, 5) is 0. The van der Waals surface area contributed by atoms with E-state index in [4.69, 9.17) is 5.11 Å². The number of aromatic hydroxyl groups is 1. The van der Waals surface area contributed by atoms with Gasteiger partial charge in [-0.05, 0) is 12.1 Å². The summed E-state index contributed by atoms with van der Waals surface area (Å²) >= 11 is 4.26. The lowest BCUT2D eigenvalue weighted by atomic mass is 10.2. The van der Waals surface area contributed by atoms with Crippen LogP contribution in [0.4, 0.5) is 4.39 Å². The molecule has 0 aliphatic rings. The van der Waals surface area contributed by atoms with E-state index in [1.165, 1.54) is 0 Å². The molecule has 62 valence electrons. The van der Waals surface area contributed by atoms with Crippen LogP contribution < -0.4 is 0 Å². The van der Waals surface area contributed by atoms with Gasteiger partial charge in [-0.25, -0.2) is 4.39 Å². The average Bonchev–Trinajstić information content (AvgIpc) is 2.29. The van der Waals surface area contributed by atoms with Crippen LogP contribution in [0.3, 0.4) is 0 Å². The number of benzene rings is 1. The minimum atomic E-state index is -0.539. The molecule has 1 aromatic carbocycles. The zero-order valence-electron chi connectivity index (χ0n) is 5.84. The number of hydrogen-bond donors (Lipinski definition) is 1. The van der Waals surface area contributed by atoms with Crippen molar-refractivity contribution in [2.24, 2.45) is 0 Å². The lowest BCUT2D eigenvalue weighted by Crippen LogP contribution is -1.71. The van der Waals surface area contributed by atoms with Crippen molar-refractivity contribution >= 4 is 37.4 Å². The lowest BCUT2D eigenvalue weighted by Gasteiger charge is -1.91. The van der Waals surface area contributed by atoms with E-state index in [1.807, 2.05) is 6.07 Å². The maximum Gasteiger partial charge on any atom is 0.209 e. The highest BCUT2D eigenvalue weighted by atomic mass is 79.9. The Morgan fingerprint density at radius 1 is 1.42 bits per heavy atom. The first kappa shape index (κ1) is 8.01. The number of rotatable bonds is 0. The summed E-state index contributed by atoms with van der Waals surface area (Å²) in [6, 6.07) is 5.33. The average molecular weight is 247 g/mol. The number of fused-ring (bicyclic) bond motifs is 1. The van der Waals surface area contributed by atoms with E-state index < -0.39 is 5.82 Å². The van der Waals surface area contributed by atoms with E-state index in [0.29, 0.717) is 9.86 Å². The predicted octanol–water partition coefficient (Wildman–Crippen LogP) is 3.51. The van der Waals surface area contributed by atoms with Crippen molar-refractivity contribution < 1.29 is 9.50 Å². The Bertz CT molecular complexity index is 438. The first-order valence-corrected chi connectivity index (χ1v) is 4.86. The summed E-state index contributed by atoms with van der Waals surface area (Å²) < 4.78 is 14.6. The largest absolute Gasteiger partial charge is 0.497 e. The molecule has 0 spiro atoms. The molecule has 0 saturated carbocycles. The molecule has 12 heavy (non-hydrogen) atoms. The molecule has 2 rings (SSSR count). The molecule has 0 radical (unpaired) electrons. The van der Waals surface area contributed by atoms with Gasteiger partial charge in [0, 0.05) is 14.6 Å². The fourth-order valence-electron chi connectivity index (χ4n) is 1.06. The molecule has 0 amide bonds. The summed E-state index contributed by atoms with van der Waals surface area (Å²) in [7, 11) is 0. The van der Waals surface area contributed by atoms with Gasteiger partial charge in [-0.2, -0.15) is 0 Å². The van der Waals surface area contributed by atoms with Crippen molar-refractivity contribution in [2.75, 3.05) is 0 Å². The van der Waals surface area contributed by atoms with Gasteiger partial charge in [-0.1, -0.05) is 33.3 Å². The minimum Gasteiger partial charge on any atom is -0.497 e. The number of thiophene rings is 1. The predicted molar refractivity (Wildman–Crippen MR) is 51.1 cm³/mol. The van der Waals surface area contributed by atoms with Crippen molar-refractivity contribution in [1.82, 2.24) is 0 Å². The molecule has 0 fully saturated rings. The standard InChI is InChI=1S/C8H4BrFOS/c9-4-2-1-3-5-6(4)7(10)8(11)12-5/h1-3,11H. The summed E-state index contributed by atoms with van der Waals surface area (Å²) in [5.74, 6) is -0.539. The smallest absolute Gasteiger partial charge is 0.209 e. The molecular formula is C8H4BrFOS. The van der Waals surface area contributed by atoms with Crippen LogP contribution >= 0.6 is 27.3 Å². The number of hydrogen-bond acceptors (Lipinski definition) is 2. The van der Waals surface area contributed by atoms with E-state index >= 15 is 0 Å². The molecular weight excluding hydrogens is 243 g/mol. The van der Waals surface area contributed by atoms with Gasteiger partial charge < -0.3 is 5.11 Å². The molecule has 0 unspecified atom stereocenters. The van der Waals surface area contributed by atoms with Crippen LogP contribution in [0.1, 0.15) is 0 Å². The van der Waals surface area contributed by atoms with Crippen LogP contribution in [-0.2, 0) is 0 Å². The third-order valence-corrected chi connectivity index (χ3v) is 3.18. The van der Waals surface area contributed by atoms with Crippen LogP contribution in [-0.4, -0.2) is 5.11 Å². The van der Waals surface area contributed by atoms with Gasteiger partial charge in [-0.3, -0.25) is 0 Å². The van der Waals surface area contributed by atoms with Gasteiger partial charge in [0.2, 0.25) is 5.06 Å². The molecule has 4 heteroatoms. The van der Waals surface area contributed by atoms with Crippen LogP contribution in [0, 0.1) is 5.82 Å². The van der Waals surface area contributed by atoms with E-state index in [9.17, 15) is 4.39 Å². The fraction of sp³-hybridized carbons (Fsp3) is 0. The van der Waals surface area contributed by atoms with E-state index in [2.05, 4.69) is 15.9 Å². The molecule has 2 aromatic rings. The van der Waals surface area contributed by atoms with E-state index in [1.54, 1.807) is 12.1 Å². The molecule has 0 aliphatic carbocycles. The third kappa shape index (κ3) is 1.03. The van der Waals surface area contributed by atoms with Crippen LogP contribution in [0.5, 0.6) is 5.06 Å². The van der Waals surface area contributed by atoms with Crippen molar-refractivity contribution in [3.8, 4) is 5.06 Å². The Kier molecular flexibility index (Phi) is 1.81. The van der Waals surface area contributed by atoms with Crippen LogP contribution in [0.15, 0.2) is 22.7 Å². The Morgan fingerprint density at radius 3 is 2.83 bits per heavy atom. The zero-order valence-corrected chi connectivity index (χ0v) is 8.25. The maximum atomic E-state index is 13.1. The second-order valence-electron chi connectivity index (χ2n) is 2.33. The zero-order chi connectivity index (χ0) is 8.72. The van der Waals surface area contributed by atoms with Crippen molar-refractivity contribution in [1.29, 1.82) is 0 Å². The topological polar surface area (TPSA) is 20.2 Å². The van der Waals surface area contributed by atoms with Crippen molar-refractivity contribution in [3.05, 3.63) is 28.5 Å². The normalized spacial score (nSPS) is 10.8. The van der Waals surface area contributed by atoms with Gasteiger partial charge in [-0.15, -0.1) is 0 Å². The van der Waals surface area contributed by atoms with E-state index in [-0.39, 0.29) is 5.06 Å². The second kappa shape index (κ2) is 2.71. The Labute approximate surface area is 80.6 Å². The Balaban J connectivity index is 2.97. The molecule has 0 atom stereocenters. The summed E-state index contributed by atoms with van der Waals surface area (Å²) in [5, 5.41) is 9.30. The molecule has 1 heterocycles. The first-order valence-electron chi connectivity index (χ1n) is 3.25. The van der Waals surface area contributed by atoms with E-state index in [0.717, 1.165) is 16.0 Å². The van der Waals surface area contributed by atoms with Crippen molar-refractivity contribution in [2.45, 2.75) is 0 Å². The third-order valence-electron chi connectivity index (χ3n) is 1.59. The van der Waals surface area contributed by atoms with Gasteiger partial charge in [0.05, 0.1) is 0 Å². The minimum absolute atomic E-state index is 0.253. The quantitative estimate of drug-likeness (QED) is 0.755. The monoisotopic (exact) mass is 246 g/mol. The molecule has 0 saturated heterocycles. The van der Waals surface area contributed by atoms with Crippen LogP contribution in [0.2, 0.25) is 0 Å². The van der Waals surface area contributed by atoms with Gasteiger partial charge in [0.1, 0.15) is 0 Å². The fourth-order valence-corrected chi connectivity index (χ4v) is 2.58. The highest BCUT2D eigenvalue weighted by Crippen LogP contribution is 2.38. The molecule has 0 aliphatic heterocycles. The Hall–Kier alpha value is -0.610. The first-order chi connectivity index (χ1) is 5.70. The summed E-state index contributed by atoms with van der Waals surface area (Å²) in [5.41, 5.74) is 0. The molecule has 1 N–H and O–H groups in total. The molecule has 0 bridgehead atoms. The van der Waals surface area contributed by atoms with Gasteiger partial charge >= 0.3 is 0 Å². The van der Waals surface area contributed by atoms with Gasteiger partial charge in [0.25, 0.3) is 0 Å². The highest BCUT2D eigenvalue weighted by Gasteiger charge is 2.12. The summed E-state index contributed by atoms with van der Waals surface area (Å²) in [6.45, 7) is 0.